The predicted molar refractivity (Wildman–Crippen MR) is 65.4 cm³/mol. The molecule has 0 amide bonds. The summed E-state index contributed by atoms with van der Waals surface area (Å²) in [5.74, 6) is 0.145. The van der Waals surface area contributed by atoms with Gasteiger partial charge in [-0.15, -0.1) is 6.58 Å². The molecule has 1 aromatic rings. The molecular formula is C14H18O2. The molecule has 0 spiro atoms. The van der Waals surface area contributed by atoms with Crippen LogP contribution in [0.5, 0.6) is 0 Å². The highest BCUT2D eigenvalue weighted by atomic mass is 16.3. The lowest BCUT2D eigenvalue weighted by Gasteiger charge is -2.06. The van der Waals surface area contributed by atoms with E-state index in [-0.39, 0.29) is 11.9 Å². The first-order valence-corrected chi connectivity index (χ1v) is 5.61. The van der Waals surface area contributed by atoms with E-state index < -0.39 is 0 Å². The van der Waals surface area contributed by atoms with Crippen LogP contribution in [0, 0.1) is 0 Å². The number of Topliss-reactive ketones (excluding diaryl/α,β-unsaturated/α-hetero) is 1. The SMILES string of the molecule is C=CC[C@H](O)CCCC(=O)c1ccccc1. The summed E-state index contributed by atoms with van der Waals surface area (Å²) in [4.78, 5) is 11.7. The molecular weight excluding hydrogens is 200 g/mol. The van der Waals surface area contributed by atoms with E-state index in [1.54, 1.807) is 6.08 Å². The second-order valence-corrected chi connectivity index (χ2v) is 3.86. The lowest BCUT2D eigenvalue weighted by molar-refractivity contribution is 0.0969. The third-order valence-corrected chi connectivity index (χ3v) is 2.48. The van der Waals surface area contributed by atoms with E-state index in [1.807, 2.05) is 30.3 Å². The zero-order valence-electron chi connectivity index (χ0n) is 9.43. The molecule has 2 heteroatoms. The molecule has 0 heterocycles. The molecule has 1 atom stereocenters. The van der Waals surface area contributed by atoms with Crippen LogP contribution in [-0.4, -0.2) is 17.0 Å². The molecule has 0 saturated carbocycles. The standard InChI is InChI=1S/C14H18O2/c1-2-7-13(15)10-6-11-14(16)12-8-4-3-5-9-12/h2-5,8-9,13,15H,1,6-7,10-11H2/t13-/m0/s1. The van der Waals surface area contributed by atoms with Gasteiger partial charge in [0.05, 0.1) is 6.10 Å². The Kier molecular flexibility index (Phi) is 5.51. The van der Waals surface area contributed by atoms with Gasteiger partial charge in [-0.1, -0.05) is 36.4 Å². The van der Waals surface area contributed by atoms with Crippen molar-refractivity contribution in [3.8, 4) is 0 Å². The number of carbonyl (C=O) groups excluding carboxylic acids is 1. The number of carbonyl (C=O) groups is 1. The molecule has 1 N–H and O–H groups in total. The van der Waals surface area contributed by atoms with E-state index in [2.05, 4.69) is 6.58 Å². The van der Waals surface area contributed by atoms with Crippen molar-refractivity contribution in [2.24, 2.45) is 0 Å². The third kappa shape index (κ3) is 4.41. The molecule has 0 aliphatic carbocycles. The highest BCUT2D eigenvalue weighted by Gasteiger charge is 2.06. The van der Waals surface area contributed by atoms with Gasteiger partial charge in [0.25, 0.3) is 0 Å². The molecule has 0 radical (unpaired) electrons. The maximum Gasteiger partial charge on any atom is 0.162 e. The summed E-state index contributed by atoms with van der Waals surface area (Å²) < 4.78 is 0. The van der Waals surface area contributed by atoms with E-state index in [0.717, 1.165) is 12.0 Å². The Bertz CT molecular complexity index is 330. The highest BCUT2D eigenvalue weighted by molar-refractivity contribution is 5.95. The van der Waals surface area contributed by atoms with E-state index >= 15 is 0 Å². The van der Waals surface area contributed by atoms with Gasteiger partial charge >= 0.3 is 0 Å². The van der Waals surface area contributed by atoms with E-state index in [9.17, 15) is 9.90 Å². The minimum atomic E-state index is -0.360. The molecule has 1 aromatic carbocycles. The molecule has 16 heavy (non-hydrogen) atoms. The summed E-state index contributed by atoms with van der Waals surface area (Å²) in [5.41, 5.74) is 0.751. The van der Waals surface area contributed by atoms with Crippen molar-refractivity contribution < 1.29 is 9.90 Å². The van der Waals surface area contributed by atoms with Gasteiger partial charge in [0, 0.05) is 12.0 Å². The van der Waals surface area contributed by atoms with Crippen molar-refractivity contribution in [2.45, 2.75) is 31.8 Å². The Morgan fingerprint density at radius 3 is 2.69 bits per heavy atom. The zero-order chi connectivity index (χ0) is 11.8. The highest BCUT2D eigenvalue weighted by Crippen LogP contribution is 2.09. The van der Waals surface area contributed by atoms with E-state index in [4.69, 9.17) is 0 Å². The van der Waals surface area contributed by atoms with Crippen LogP contribution in [0.15, 0.2) is 43.0 Å². The predicted octanol–water partition coefficient (Wildman–Crippen LogP) is 2.98. The fourth-order valence-corrected chi connectivity index (χ4v) is 1.58. The van der Waals surface area contributed by atoms with Gasteiger partial charge in [0.2, 0.25) is 0 Å². The summed E-state index contributed by atoms with van der Waals surface area (Å²) in [6, 6.07) is 9.26. The van der Waals surface area contributed by atoms with Crippen LogP contribution in [0.3, 0.4) is 0 Å². The average molecular weight is 218 g/mol. The number of hydrogen-bond acceptors (Lipinski definition) is 2. The van der Waals surface area contributed by atoms with Gasteiger partial charge in [-0.05, 0) is 19.3 Å². The first-order valence-electron chi connectivity index (χ1n) is 5.61. The monoisotopic (exact) mass is 218 g/mol. The number of hydrogen-bond donors (Lipinski definition) is 1. The normalized spacial score (nSPS) is 12.1. The van der Waals surface area contributed by atoms with Crippen LogP contribution in [-0.2, 0) is 0 Å². The van der Waals surface area contributed by atoms with Crippen molar-refractivity contribution >= 4 is 5.78 Å². The summed E-state index contributed by atoms with van der Waals surface area (Å²) in [7, 11) is 0. The van der Waals surface area contributed by atoms with Gasteiger partial charge in [0.1, 0.15) is 0 Å². The van der Waals surface area contributed by atoms with Crippen LogP contribution >= 0.6 is 0 Å². The molecule has 1 rings (SSSR count). The topological polar surface area (TPSA) is 37.3 Å². The maximum atomic E-state index is 11.7. The summed E-state index contributed by atoms with van der Waals surface area (Å²) in [6.45, 7) is 3.56. The lowest BCUT2D eigenvalue weighted by Crippen LogP contribution is -2.06. The zero-order valence-corrected chi connectivity index (χ0v) is 9.43. The largest absolute Gasteiger partial charge is 0.393 e. The average Bonchev–Trinajstić information content (AvgIpc) is 2.30. The minimum absolute atomic E-state index is 0.145. The molecule has 0 aromatic heterocycles. The summed E-state index contributed by atoms with van der Waals surface area (Å²) >= 11 is 0. The number of rotatable bonds is 7. The second kappa shape index (κ2) is 6.96. The number of aliphatic hydroxyl groups excluding tert-OH is 1. The smallest absolute Gasteiger partial charge is 0.162 e. The van der Waals surface area contributed by atoms with E-state index in [0.29, 0.717) is 19.3 Å². The first kappa shape index (κ1) is 12.7. The van der Waals surface area contributed by atoms with Crippen molar-refractivity contribution in [2.75, 3.05) is 0 Å². The van der Waals surface area contributed by atoms with Gasteiger partial charge in [-0.25, -0.2) is 0 Å². The van der Waals surface area contributed by atoms with Gasteiger partial charge in [-0.3, -0.25) is 4.79 Å². The Morgan fingerprint density at radius 1 is 1.38 bits per heavy atom. The Balaban J connectivity index is 2.28. The van der Waals surface area contributed by atoms with Crippen LogP contribution in [0.2, 0.25) is 0 Å². The lowest BCUT2D eigenvalue weighted by atomic mass is 10.0. The van der Waals surface area contributed by atoms with Gasteiger partial charge in [0.15, 0.2) is 5.78 Å². The van der Waals surface area contributed by atoms with Crippen molar-refractivity contribution in [3.63, 3.8) is 0 Å². The summed E-state index contributed by atoms with van der Waals surface area (Å²) in [5, 5.41) is 9.45. The molecule has 0 fully saturated rings. The Labute approximate surface area is 96.6 Å². The summed E-state index contributed by atoms with van der Waals surface area (Å²) in [6.07, 6.45) is 3.82. The fraction of sp³-hybridized carbons (Fsp3) is 0.357. The maximum absolute atomic E-state index is 11.7. The third-order valence-electron chi connectivity index (χ3n) is 2.48. The number of aliphatic hydroxyl groups is 1. The molecule has 86 valence electrons. The quantitative estimate of drug-likeness (QED) is 0.564. The number of benzene rings is 1. The van der Waals surface area contributed by atoms with Crippen molar-refractivity contribution in [1.82, 2.24) is 0 Å². The molecule has 2 nitrogen and oxygen atoms in total. The van der Waals surface area contributed by atoms with Crippen LogP contribution in [0.25, 0.3) is 0 Å². The second-order valence-electron chi connectivity index (χ2n) is 3.86. The van der Waals surface area contributed by atoms with Crippen LogP contribution in [0.1, 0.15) is 36.0 Å². The molecule has 0 unspecified atom stereocenters. The van der Waals surface area contributed by atoms with Gasteiger partial charge in [-0.2, -0.15) is 0 Å². The first-order chi connectivity index (χ1) is 7.74. The Morgan fingerprint density at radius 2 is 2.06 bits per heavy atom. The number of ketones is 1. The molecule has 0 aliphatic heterocycles. The molecule has 0 saturated heterocycles. The van der Waals surface area contributed by atoms with Crippen LogP contribution < -0.4 is 0 Å². The fourth-order valence-electron chi connectivity index (χ4n) is 1.58. The van der Waals surface area contributed by atoms with Crippen molar-refractivity contribution in [1.29, 1.82) is 0 Å². The molecule has 0 bridgehead atoms. The van der Waals surface area contributed by atoms with Gasteiger partial charge < -0.3 is 5.11 Å². The van der Waals surface area contributed by atoms with Crippen molar-refractivity contribution in [3.05, 3.63) is 48.6 Å². The van der Waals surface area contributed by atoms with E-state index in [1.165, 1.54) is 0 Å². The van der Waals surface area contributed by atoms with Crippen LogP contribution in [0.4, 0.5) is 0 Å². The Hall–Kier alpha value is -1.41. The minimum Gasteiger partial charge on any atom is -0.393 e. The molecule has 0 aliphatic rings.